The van der Waals surface area contributed by atoms with E-state index in [0.717, 1.165) is 44.0 Å². The van der Waals surface area contributed by atoms with E-state index in [1.807, 2.05) is 24.3 Å². The first-order chi connectivity index (χ1) is 12.6. The Kier molecular flexibility index (Phi) is 8.60. The lowest BCUT2D eigenvalue weighted by Gasteiger charge is -2.35. The Morgan fingerprint density at radius 3 is 2.46 bits per heavy atom. The molecule has 1 aliphatic heterocycles. The number of nitrogens with one attached hydrogen (secondary N) is 2. The van der Waals surface area contributed by atoms with E-state index in [0.29, 0.717) is 24.8 Å². The molecule has 0 spiro atoms. The molecule has 1 aromatic carbocycles. The fourth-order valence-corrected chi connectivity index (χ4v) is 2.99. The number of piperazine rings is 1. The van der Waals surface area contributed by atoms with Gasteiger partial charge in [-0.15, -0.1) is 0 Å². The van der Waals surface area contributed by atoms with Crippen LogP contribution in [0.15, 0.2) is 24.3 Å². The molecule has 0 aromatic heterocycles. The average molecular weight is 381 g/mol. The summed E-state index contributed by atoms with van der Waals surface area (Å²) in [7, 11) is 3.31. The number of nitrogens with zero attached hydrogens (tertiary/aromatic N) is 2. The maximum absolute atomic E-state index is 11.9. The molecule has 1 saturated heterocycles. The summed E-state index contributed by atoms with van der Waals surface area (Å²) in [5.74, 6) is 0.879. The van der Waals surface area contributed by atoms with E-state index in [1.165, 1.54) is 0 Å². The lowest BCUT2D eigenvalue weighted by Crippen LogP contribution is -2.52. The maximum Gasteiger partial charge on any atom is 0.234 e. The molecule has 1 aliphatic rings. The van der Waals surface area contributed by atoms with Crippen molar-refractivity contribution < 1.29 is 14.3 Å². The topological polar surface area (TPSA) is 66.1 Å². The number of thiocarbonyl (C=S) groups is 1. The van der Waals surface area contributed by atoms with Crippen LogP contribution >= 0.6 is 12.2 Å². The summed E-state index contributed by atoms with van der Waals surface area (Å²) < 4.78 is 10.1. The van der Waals surface area contributed by atoms with Crippen LogP contribution in [-0.2, 0) is 9.53 Å². The molecule has 0 bridgehead atoms. The molecule has 8 heteroatoms. The van der Waals surface area contributed by atoms with Gasteiger partial charge in [-0.1, -0.05) is 0 Å². The number of hydrogen-bond acceptors (Lipinski definition) is 5. The molecule has 2 rings (SSSR count). The second-order valence-corrected chi connectivity index (χ2v) is 6.50. The van der Waals surface area contributed by atoms with Crippen LogP contribution in [0.1, 0.15) is 6.42 Å². The van der Waals surface area contributed by atoms with Gasteiger partial charge in [0.25, 0.3) is 0 Å². The second-order valence-electron chi connectivity index (χ2n) is 6.12. The first kappa shape index (κ1) is 20.4. The van der Waals surface area contributed by atoms with Gasteiger partial charge >= 0.3 is 0 Å². The van der Waals surface area contributed by atoms with Crippen molar-refractivity contribution in [3.05, 3.63) is 24.3 Å². The van der Waals surface area contributed by atoms with Crippen molar-refractivity contribution in [3.63, 3.8) is 0 Å². The highest BCUT2D eigenvalue weighted by Gasteiger charge is 2.20. The van der Waals surface area contributed by atoms with Crippen molar-refractivity contribution in [1.29, 1.82) is 0 Å². The van der Waals surface area contributed by atoms with Crippen molar-refractivity contribution in [3.8, 4) is 5.75 Å². The summed E-state index contributed by atoms with van der Waals surface area (Å²) in [5.41, 5.74) is 0.939. The number of amides is 1. The van der Waals surface area contributed by atoms with E-state index < -0.39 is 0 Å². The number of carbonyl (C=O) groups is 1. The molecule has 0 unspecified atom stereocenters. The summed E-state index contributed by atoms with van der Waals surface area (Å²) in [5, 5.41) is 6.88. The number of anilines is 1. The summed E-state index contributed by atoms with van der Waals surface area (Å²) in [6, 6.07) is 7.67. The number of carbonyl (C=O) groups excluding carboxylic acids is 1. The summed E-state index contributed by atoms with van der Waals surface area (Å²) in [6.07, 6.45) is 0.835. The van der Waals surface area contributed by atoms with Gasteiger partial charge in [0.2, 0.25) is 5.91 Å². The molecular weight excluding hydrogens is 352 g/mol. The molecule has 144 valence electrons. The van der Waals surface area contributed by atoms with Crippen molar-refractivity contribution in [2.45, 2.75) is 6.42 Å². The van der Waals surface area contributed by atoms with Gasteiger partial charge in [-0.05, 0) is 42.9 Å². The Labute approximate surface area is 160 Å². The fraction of sp³-hybridized carbons (Fsp3) is 0.556. The van der Waals surface area contributed by atoms with Gasteiger partial charge in [-0.2, -0.15) is 0 Å². The smallest absolute Gasteiger partial charge is 0.234 e. The van der Waals surface area contributed by atoms with Crippen molar-refractivity contribution in [1.82, 2.24) is 15.1 Å². The molecule has 1 heterocycles. The van der Waals surface area contributed by atoms with Crippen LogP contribution < -0.4 is 15.4 Å². The van der Waals surface area contributed by atoms with Crippen molar-refractivity contribution >= 4 is 28.9 Å². The third-order valence-corrected chi connectivity index (χ3v) is 4.58. The molecule has 0 atom stereocenters. The number of hydrogen-bond donors (Lipinski definition) is 2. The predicted molar refractivity (Wildman–Crippen MR) is 107 cm³/mol. The van der Waals surface area contributed by atoms with Gasteiger partial charge in [0, 0.05) is 52.1 Å². The van der Waals surface area contributed by atoms with Gasteiger partial charge in [-0.3, -0.25) is 9.69 Å². The number of methoxy groups -OCH3 is 2. The number of rotatable bonds is 8. The molecule has 1 amide bonds. The van der Waals surface area contributed by atoms with Crippen LogP contribution in [-0.4, -0.2) is 80.9 Å². The molecule has 26 heavy (non-hydrogen) atoms. The second kappa shape index (κ2) is 10.9. The predicted octanol–water partition coefficient (Wildman–Crippen LogP) is 1.16. The molecule has 7 nitrogen and oxygen atoms in total. The van der Waals surface area contributed by atoms with E-state index in [4.69, 9.17) is 21.7 Å². The van der Waals surface area contributed by atoms with Crippen molar-refractivity contribution in [2.24, 2.45) is 0 Å². The Bertz CT molecular complexity index is 574. The highest BCUT2D eigenvalue weighted by Crippen LogP contribution is 2.16. The number of ether oxygens (including phenoxy) is 2. The van der Waals surface area contributed by atoms with Gasteiger partial charge in [0.1, 0.15) is 5.75 Å². The largest absolute Gasteiger partial charge is 0.497 e. The number of benzene rings is 1. The van der Waals surface area contributed by atoms with Crippen LogP contribution in [0, 0.1) is 0 Å². The minimum absolute atomic E-state index is 0.0634. The first-order valence-electron chi connectivity index (χ1n) is 8.80. The SMILES string of the molecule is COCCCNC(=O)CN1CCN(C(=S)Nc2ccc(OC)cc2)CC1. The standard InChI is InChI=1S/C18H28N4O3S/c1-24-13-3-8-19-17(23)14-21-9-11-22(12-10-21)18(26)20-15-4-6-16(25-2)7-5-15/h4-7H,3,8-14H2,1-2H3,(H,19,23)(H,20,26). The van der Waals surface area contributed by atoms with E-state index in [9.17, 15) is 4.79 Å². The Morgan fingerprint density at radius 1 is 1.15 bits per heavy atom. The van der Waals surface area contributed by atoms with E-state index >= 15 is 0 Å². The maximum atomic E-state index is 11.9. The molecule has 2 N–H and O–H groups in total. The van der Waals surface area contributed by atoms with Crippen LogP contribution in [0.25, 0.3) is 0 Å². The van der Waals surface area contributed by atoms with Crippen molar-refractivity contribution in [2.75, 3.05) is 65.4 Å². The van der Waals surface area contributed by atoms with Crippen LogP contribution in [0.2, 0.25) is 0 Å². The van der Waals surface area contributed by atoms with Crippen LogP contribution in [0.4, 0.5) is 5.69 Å². The zero-order valence-corrected chi connectivity index (χ0v) is 16.3. The Morgan fingerprint density at radius 2 is 1.85 bits per heavy atom. The van der Waals surface area contributed by atoms with Gasteiger partial charge in [0.15, 0.2) is 5.11 Å². The summed E-state index contributed by atoms with van der Waals surface area (Å²) >= 11 is 5.50. The van der Waals surface area contributed by atoms with Gasteiger partial charge in [0.05, 0.1) is 13.7 Å². The molecule has 0 radical (unpaired) electrons. The quantitative estimate of drug-likeness (QED) is 0.518. The van der Waals surface area contributed by atoms with Crippen LogP contribution in [0.5, 0.6) is 5.75 Å². The Balaban J connectivity index is 1.68. The average Bonchev–Trinajstić information content (AvgIpc) is 2.66. The third-order valence-electron chi connectivity index (χ3n) is 4.22. The summed E-state index contributed by atoms with van der Waals surface area (Å²) in [4.78, 5) is 16.2. The zero-order chi connectivity index (χ0) is 18.8. The van der Waals surface area contributed by atoms with Crippen LogP contribution in [0.3, 0.4) is 0 Å². The van der Waals surface area contributed by atoms with Gasteiger partial charge in [-0.25, -0.2) is 0 Å². The Hall–Kier alpha value is -1.90. The monoisotopic (exact) mass is 380 g/mol. The summed E-state index contributed by atoms with van der Waals surface area (Å²) in [6.45, 7) is 4.99. The zero-order valence-electron chi connectivity index (χ0n) is 15.5. The minimum atomic E-state index is 0.0634. The lowest BCUT2D eigenvalue weighted by molar-refractivity contribution is -0.122. The minimum Gasteiger partial charge on any atom is -0.497 e. The van der Waals surface area contributed by atoms with Gasteiger partial charge < -0.3 is 25.0 Å². The van der Waals surface area contributed by atoms with E-state index in [-0.39, 0.29) is 5.91 Å². The fourth-order valence-electron chi connectivity index (χ4n) is 2.69. The highest BCUT2D eigenvalue weighted by atomic mass is 32.1. The highest BCUT2D eigenvalue weighted by molar-refractivity contribution is 7.80. The van der Waals surface area contributed by atoms with E-state index in [2.05, 4.69) is 20.4 Å². The first-order valence-corrected chi connectivity index (χ1v) is 9.21. The lowest BCUT2D eigenvalue weighted by atomic mass is 10.3. The molecule has 0 aliphatic carbocycles. The molecule has 0 saturated carbocycles. The molecule has 1 aromatic rings. The normalized spacial score (nSPS) is 14.8. The third kappa shape index (κ3) is 6.78. The van der Waals surface area contributed by atoms with E-state index in [1.54, 1.807) is 14.2 Å². The molecular formula is C18H28N4O3S. The molecule has 1 fully saturated rings.